The van der Waals surface area contributed by atoms with Crippen LogP contribution >= 0.6 is 0 Å². The molecule has 0 saturated heterocycles. The van der Waals surface area contributed by atoms with Gasteiger partial charge in [0.25, 0.3) is 0 Å². The quantitative estimate of drug-likeness (QED) is 0.706. The largest absolute Gasteiger partial charge is 0.341 e. The second kappa shape index (κ2) is 6.97. The van der Waals surface area contributed by atoms with Crippen molar-refractivity contribution in [2.45, 2.75) is 13.0 Å². The number of benzene rings is 2. The Morgan fingerprint density at radius 3 is 2.17 bits per heavy atom. The molecule has 3 heteroatoms. The zero-order chi connectivity index (χ0) is 16.1. The summed E-state index contributed by atoms with van der Waals surface area (Å²) < 4.78 is 2.05. The van der Waals surface area contributed by atoms with Crippen molar-refractivity contribution in [1.82, 2.24) is 9.47 Å². The average molecular weight is 304 g/mol. The Morgan fingerprint density at radius 2 is 1.52 bits per heavy atom. The summed E-state index contributed by atoms with van der Waals surface area (Å²) in [4.78, 5) is 14.1. The fourth-order valence-corrected chi connectivity index (χ4v) is 2.55. The first-order valence-electron chi connectivity index (χ1n) is 7.72. The molecule has 0 aliphatic rings. The Balaban J connectivity index is 1.61. The van der Waals surface area contributed by atoms with Gasteiger partial charge in [-0.05, 0) is 35.4 Å². The molecule has 3 nitrogen and oxygen atoms in total. The third kappa shape index (κ3) is 3.89. The molecule has 0 aliphatic carbocycles. The highest BCUT2D eigenvalue weighted by Crippen LogP contribution is 2.12. The molecule has 116 valence electrons. The summed E-state index contributed by atoms with van der Waals surface area (Å²) in [5.41, 5.74) is 3.28. The van der Waals surface area contributed by atoms with Gasteiger partial charge in [0.1, 0.15) is 0 Å². The van der Waals surface area contributed by atoms with E-state index < -0.39 is 0 Å². The van der Waals surface area contributed by atoms with E-state index in [1.807, 2.05) is 90.7 Å². The standard InChI is InChI=1S/C20H20N2O/c1-21(16-18-7-3-2-4-8-18)20(23)15-17-9-11-19(12-10-17)22-13-5-6-14-22/h2-14H,15-16H2,1H3. The molecule has 1 heterocycles. The lowest BCUT2D eigenvalue weighted by molar-refractivity contribution is -0.129. The predicted molar refractivity (Wildman–Crippen MR) is 92.4 cm³/mol. The number of hydrogen-bond donors (Lipinski definition) is 0. The topological polar surface area (TPSA) is 25.2 Å². The fourth-order valence-electron chi connectivity index (χ4n) is 2.55. The van der Waals surface area contributed by atoms with Crippen LogP contribution in [0, 0.1) is 0 Å². The van der Waals surface area contributed by atoms with Crippen molar-refractivity contribution in [1.29, 1.82) is 0 Å². The molecule has 0 atom stereocenters. The maximum absolute atomic E-state index is 12.4. The van der Waals surface area contributed by atoms with Gasteiger partial charge in [-0.2, -0.15) is 0 Å². The highest BCUT2D eigenvalue weighted by molar-refractivity contribution is 5.78. The third-order valence-electron chi connectivity index (χ3n) is 3.88. The van der Waals surface area contributed by atoms with Crippen LogP contribution in [0.3, 0.4) is 0 Å². The molecule has 23 heavy (non-hydrogen) atoms. The van der Waals surface area contributed by atoms with Crippen molar-refractivity contribution in [3.8, 4) is 5.69 Å². The molecule has 2 aromatic carbocycles. The van der Waals surface area contributed by atoms with Gasteiger partial charge in [-0.15, -0.1) is 0 Å². The van der Waals surface area contributed by atoms with E-state index in [0.29, 0.717) is 13.0 Å². The second-order valence-electron chi connectivity index (χ2n) is 5.67. The van der Waals surface area contributed by atoms with Gasteiger partial charge in [0, 0.05) is 31.7 Å². The molecule has 0 aliphatic heterocycles. The van der Waals surface area contributed by atoms with Gasteiger partial charge in [0.05, 0.1) is 6.42 Å². The maximum atomic E-state index is 12.4. The molecule has 1 amide bonds. The maximum Gasteiger partial charge on any atom is 0.227 e. The number of rotatable bonds is 5. The number of likely N-dealkylation sites (N-methyl/N-ethyl adjacent to an activating group) is 1. The summed E-state index contributed by atoms with van der Waals surface area (Å²) in [5, 5.41) is 0. The normalized spacial score (nSPS) is 10.5. The number of hydrogen-bond acceptors (Lipinski definition) is 1. The van der Waals surface area contributed by atoms with Crippen LogP contribution in [0.5, 0.6) is 0 Å². The van der Waals surface area contributed by atoms with Gasteiger partial charge in [0.2, 0.25) is 5.91 Å². The van der Waals surface area contributed by atoms with Crippen LogP contribution in [0.1, 0.15) is 11.1 Å². The Morgan fingerprint density at radius 1 is 0.870 bits per heavy atom. The monoisotopic (exact) mass is 304 g/mol. The highest BCUT2D eigenvalue weighted by Gasteiger charge is 2.10. The zero-order valence-electron chi connectivity index (χ0n) is 13.2. The number of nitrogens with zero attached hydrogens (tertiary/aromatic N) is 2. The minimum atomic E-state index is 0.127. The first kappa shape index (κ1) is 15.1. The SMILES string of the molecule is CN(Cc1ccccc1)C(=O)Cc1ccc(-n2cccc2)cc1. The summed E-state index contributed by atoms with van der Waals surface area (Å²) in [7, 11) is 1.85. The van der Waals surface area contributed by atoms with Crippen LogP contribution in [-0.2, 0) is 17.8 Å². The summed E-state index contributed by atoms with van der Waals surface area (Å²) >= 11 is 0. The van der Waals surface area contributed by atoms with E-state index in [0.717, 1.165) is 16.8 Å². The number of amides is 1. The molecule has 3 aromatic rings. The van der Waals surface area contributed by atoms with E-state index in [1.54, 1.807) is 4.90 Å². The van der Waals surface area contributed by atoms with Gasteiger partial charge in [0.15, 0.2) is 0 Å². The second-order valence-corrected chi connectivity index (χ2v) is 5.67. The Kier molecular flexibility index (Phi) is 4.57. The van der Waals surface area contributed by atoms with E-state index in [1.165, 1.54) is 0 Å². The van der Waals surface area contributed by atoms with Crippen molar-refractivity contribution in [2.75, 3.05) is 7.05 Å². The van der Waals surface area contributed by atoms with E-state index in [2.05, 4.69) is 0 Å². The summed E-state index contributed by atoms with van der Waals surface area (Å²) in [5.74, 6) is 0.127. The predicted octanol–water partition coefficient (Wildman–Crippen LogP) is 3.68. The van der Waals surface area contributed by atoms with Crippen molar-refractivity contribution < 1.29 is 4.79 Å². The fraction of sp³-hybridized carbons (Fsp3) is 0.150. The number of carbonyl (C=O) groups is 1. The highest BCUT2D eigenvalue weighted by atomic mass is 16.2. The van der Waals surface area contributed by atoms with Gasteiger partial charge in [-0.25, -0.2) is 0 Å². The average Bonchev–Trinajstić information content (AvgIpc) is 3.11. The molecule has 0 N–H and O–H groups in total. The first-order valence-corrected chi connectivity index (χ1v) is 7.72. The van der Waals surface area contributed by atoms with Crippen LogP contribution in [0.4, 0.5) is 0 Å². The van der Waals surface area contributed by atoms with E-state index >= 15 is 0 Å². The zero-order valence-corrected chi connectivity index (χ0v) is 13.2. The Bertz CT molecular complexity index is 746. The minimum absolute atomic E-state index is 0.127. The Labute approximate surface area is 136 Å². The molecule has 0 unspecified atom stereocenters. The summed E-state index contributed by atoms with van der Waals surface area (Å²) in [6.07, 6.45) is 4.44. The molecule has 0 bridgehead atoms. The van der Waals surface area contributed by atoms with Crippen molar-refractivity contribution >= 4 is 5.91 Å². The van der Waals surface area contributed by atoms with Crippen LogP contribution in [0.15, 0.2) is 79.1 Å². The molecule has 0 radical (unpaired) electrons. The molecule has 0 fully saturated rings. The van der Waals surface area contributed by atoms with Crippen LogP contribution in [0.25, 0.3) is 5.69 Å². The van der Waals surface area contributed by atoms with Gasteiger partial charge >= 0.3 is 0 Å². The molecular weight excluding hydrogens is 284 g/mol. The minimum Gasteiger partial charge on any atom is -0.341 e. The van der Waals surface area contributed by atoms with Crippen molar-refractivity contribution in [2.24, 2.45) is 0 Å². The Hall–Kier alpha value is -2.81. The van der Waals surface area contributed by atoms with Gasteiger partial charge in [-0.3, -0.25) is 4.79 Å². The van der Waals surface area contributed by atoms with Crippen LogP contribution in [0.2, 0.25) is 0 Å². The number of aromatic nitrogens is 1. The third-order valence-corrected chi connectivity index (χ3v) is 3.88. The lowest BCUT2D eigenvalue weighted by Crippen LogP contribution is -2.27. The summed E-state index contributed by atoms with van der Waals surface area (Å²) in [6, 6.07) is 22.2. The van der Waals surface area contributed by atoms with Crippen LogP contribution < -0.4 is 0 Å². The van der Waals surface area contributed by atoms with Crippen molar-refractivity contribution in [3.63, 3.8) is 0 Å². The molecule has 0 saturated carbocycles. The smallest absolute Gasteiger partial charge is 0.227 e. The number of carbonyl (C=O) groups excluding carboxylic acids is 1. The summed E-state index contributed by atoms with van der Waals surface area (Å²) in [6.45, 7) is 0.640. The van der Waals surface area contributed by atoms with E-state index in [-0.39, 0.29) is 5.91 Å². The lowest BCUT2D eigenvalue weighted by atomic mass is 10.1. The van der Waals surface area contributed by atoms with Crippen LogP contribution in [-0.4, -0.2) is 22.4 Å². The van der Waals surface area contributed by atoms with Gasteiger partial charge in [-0.1, -0.05) is 42.5 Å². The molecule has 3 rings (SSSR count). The van der Waals surface area contributed by atoms with E-state index in [4.69, 9.17) is 0 Å². The molecule has 0 spiro atoms. The van der Waals surface area contributed by atoms with Crippen molar-refractivity contribution in [3.05, 3.63) is 90.3 Å². The van der Waals surface area contributed by atoms with Gasteiger partial charge < -0.3 is 9.47 Å². The lowest BCUT2D eigenvalue weighted by Gasteiger charge is -2.17. The molecular formula is C20H20N2O. The molecule has 1 aromatic heterocycles. The van der Waals surface area contributed by atoms with E-state index in [9.17, 15) is 4.79 Å². The first-order chi connectivity index (χ1) is 11.2.